The number of nitrogens with two attached hydrogens (primary N) is 1. The first-order chi connectivity index (χ1) is 12.8. The van der Waals surface area contributed by atoms with Gasteiger partial charge in [0, 0.05) is 17.6 Å². The van der Waals surface area contributed by atoms with E-state index in [1.54, 1.807) is 0 Å². The lowest BCUT2D eigenvalue weighted by Gasteiger charge is -2.31. The van der Waals surface area contributed by atoms with Crippen molar-refractivity contribution in [1.82, 2.24) is 9.97 Å². The molecule has 26 heavy (non-hydrogen) atoms. The summed E-state index contributed by atoms with van der Waals surface area (Å²) in [7, 11) is 0. The molecule has 0 bridgehead atoms. The Morgan fingerprint density at radius 3 is 2.38 bits per heavy atom. The molecule has 1 aliphatic rings. The minimum Gasteiger partial charge on any atom is -0.325 e. The van der Waals surface area contributed by atoms with E-state index in [1.165, 1.54) is 37.8 Å². The van der Waals surface area contributed by atoms with Crippen LogP contribution in [0.2, 0.25) is 0 Å². The standard InChI is InChI=1S/C22H26N4/c23-15-21-24-20-14-8-7-13-19(20)22(25-21)26(18-11-5-2-6-12-18)16-17-9-3-1-4-10-17/h2,5-8,11-14,17H,1,3-4,9-10,15-16,23H2. The van der Waals surface area contributed by atoms with Crippen molar-refractivity contribution in [2.75, 3.05) is 11.4 Å². The molecule has 4 rings (SSSR count). The second kappa shape index (κ2) is 7.83. The third kappa shape index (κ3) is 3.56. The van der Waals surface area contributed by atoms with Gasteiger partial charge in [-0.2, -0.15) is 0 Å². The molecule has 0 amide bonds. The number of para-hydroxylation sites is 2. The summed E-state index contributed by atoms with van der Waals surface area (Å²) in [4.78, 5) is 11.8. The molecule has 0 radical (unpaired) electrons. The largest absolute Gasteiger partial charge is 0.325 e. The lowest BCUT2D eigenvalue weighted by Crippen LogP contribution is -2.28. The van der Waals surface area contributed by atoms with E-state index in [9.17, 15) is 0 Å². The quantitative estimate of drug-likeness (QED) is 0.720. The highest BCUT2D eigenvalue weighted by molar-refractivity contribution is 5.91. The number of nitrogens with zero attached hydrogens (tertiary/aromatic N) is 3. The predicted octanol–water partition coefficient (Wildman–Crippen LogP) is 4.81. The molecule has 1 fully saturated rings. The van der Waals surface area contributed by atoms with Crippen molar-refractivity contribution in [2.24, 2.45) is 11.7 Å². The lowest BCUT2D eigenvalue weighted by molar-refractivity contribution is 0.364. The molecule has 4 nitrogen and oxygen atoms in total. The van der Waals surface area contributed by atoms with Crippen LogP contribution in [0, 0.1) is 5.92 Å². The maximum atomic E-state index is 5.89. The van der Waals surface area contributed by atoms with E-state index in [2.05, 4.69) is 52.3 Å². The van der Waals surface area contributed by atoms with Crippen molar-refractivity contribution in [1.29, 1.82) is 0 Å². The fourth-order valence-electron chi connectivity index (χ4n) is 3.95. The zero-order valence-corrected chi connectivity index (χ0v) is 15.1. The van der Waals surface area contributed by atoms with Gasteiger partial charge in [-0.25, -0.2) is 9.97 Å². The van der Waals surface area contributed by atoms with Gasteiger partial charge in [0.1, 0.15) is 11.6 Å². The van der Waals surface area contributed by atoms with Crippen LogP contribution in [0.15, 0.2) is 54.6 Å². The number of hydrogen-bond acceptors (Lipinski definition) is 4. The second-order valence-corrected chi connectivity index (χ2v) is 7.13. The number of benzene rings is 2. The summed E-state index contributed by atoms with van der Waals surface area (Å²) in [6, 6.07) is 18.8. The van der Waals surface area contributed by atoms with Gasteiger partial charge in [0.25, 0.3) is 0 Å². The molecular formula is C22H26N4. The minimum absolute atomic E-state index is 0.351. The van der Waals surface area contributed by atoms with E-state index in [1.807, 2.05) is 12.1 Å². The Morgan fingerprint density at radius 1 is 0.885 bits per heavy atom. The molecule has 1 heterocycles. The first-order valence-corrected chi connectivity index (χ1v) is 9.63. The predicted molar refractivity (Wildman–Crippen MR) is 107 cm³/mol. The van der Waals surface area contributed by atoms with Gasteiger partial charge in [0.15, 0.2) is 0 Å². The molecule has 1 saturated carbocycles. The highest BCUT2D eigenvalue weighted by Gasteiger charge is 2.22. The molecule has 1 aromatic heterocycles. The molecule has 0 atom stereocenters. The van der Waals surface area contributed by atoms with Gasteiger partial charge in [-0.1, -0.05) is 49.6 Å². The summed E-state index contributed by atoms with van der Waals surface area (Å²) in [5, 5.41) is 1.09. The zero-order chi connectivity index (χ0) is 17.8. The maximum absolute atomic E-state index is 5.89. The summed E-state index contributed by atoms with van der Waals surface area (Å²) < 4.78 is 0. The van der Waals surface area contributed by atoms with Gasteiger partial charge in [-0.15, -0.1) is 0 Å². The average molecular weight is 346 g/mol. The molecule has 4 heteroatoms. The van der Waals surface area contributed by atoms with Gasteiger partial charge in [-0.05, 0) is 43.0 Å². The van der Waals surface area contributed by atoms with Gasteiger partial charge in [-0.3, -0.25) is 0 Å². The van der Waals surface area contributed by atoms with Crippen molar-refractivity contribution in [3.05, 3.63) is 60.4 Å². The van der Waals surface area contributed by atoms with E-state index in [0.29, 0.717) is 18.3 Å². The Balaban J connectivity index is 1.81. The summed E-state index contributed by atoms with van der Waals surface area (Å²) in [6.07, 6.45) is 6.65. The Hall–Kier alpha value is -2.46. The molecule has 2 N–H and O–H groups in total. The fourth-order valence-corrected chi connectivity index (χ4v) is 3.95. The Labute approximate surface area is 155 Å². The number of aromatic nitrogens is 2. The number of fused-ring (bicyclic) bond motifs is 1. The van der Waals surface area contributed by atoms with E-state index < -0.39 is 0 Å². The molecule has 1 aliphatic carbocycles. The third-order valence-electron chi connectivity index (χ3n) is 5.30. The van der Waals surface area contributed by atoms with Gasteiger partial charge < -0.3 is 10.6 Å². The van der Waals surface area contributed by atoms with Crippen molar-refractivity contribution < 1.29 is 0 Å². The third-order valence-corrected chi connectivity index (χ3v) is 5.30. The monoisotopic (exact) mass is 346 g/mol. The average Bonchev–Trinajstić information content (AvgIpc) is 2.72. The van der Waals surface area contributed by atoms with Gasteiger partial charge in [0.05, 0.1) is 12.1 Å². The smallest absolute Gasteiger partial charge is 0.144 e. The number of hydrogen-bond donors (Lipinski definition) is 1. The van der Waals surface area contributed by atoms with E-state index in [0.717, 1.165) is 23.3 Å². The van der Waals surface area contributed by atoms with E-state index >= 15 is 0 Å². The molecular weight excluding hydrogens is 320 g/mol. The minimum atomic E-state index is 0.351. The highest BCUT2D eigenvalue weighted by Crippen LogP contribution is 2.33. The molecule has 0 aliphatic heterocycles. The van der Waals surface area contributed by atoms with Gasteiger partial charge >= 0.3 is 0 Å². The maximum Gasteiger partial charge on any atom is 0.144 e. The van der Waals surface area contributed by atoms with Crippen LogP contribution < -0.4 is 10.6 Å². The molecule has 3 aromatic rings. The Kier molecular flexibility index (Phi) is 5.12. The first kappa shape index (κ1) is 17.0. The lowest BCUT2D eigenvalue weighted by atomic mass is 9.88. The van der Waals surface area contributed by atoms with Crippen molar-refractivity contribution in [3.63, 3.8) is 0 Å². The molecule has 0 spiro atoms. The van der Waals surface area contributed by atoms with Crippen LogP contribution in [-0.2, 0) is 6.54 Å². The molecule has 134 valence electrons. The molecule has 0 unspecified atom stereocenters. The zero-order valence-electron chi connectivity index (χ0n) is 15.1. The summed E-state index contributed by atoms with van der Waals surface area (Å²) in [6.45, 7) is 1.35. The van der Waals surface area contributed by atoms with E-state index in [-0.39, 0.29) is 0 Å². The van der Waals surface area contributed by atoms with Crippen LogP contribution in [0.1, 0.15) is 37.9 Å². The highest BCUT2D eigenvalue weighted by atomic mass is 15.2. The first-order valence-electron chi connectivity index (χ1n) is 9.63. The van der Waals surface area contributed by atoms with Crippen molar-refractivity contribution >= 4 is 22.4 Å². The Bertz CT molecular complexity index is 856. The van der Waals surface area contributed by atoms with Crippen molar-refractivity contribution in [3.8, 4) is 0 Å². The normalized spacial score (nSPS) is 15.3. The second-order valence-electron chi connectivity index (χ2n) is 7.13. The van der Waals surface area contributed by atoms with Crippen LogP contribution >= 0.6 is 0 Å². The van der Waals surface area contributed by atoms with Crippen LogP contribution in [0.25, 0.3) is 10.9 Å². The summed E-state index contributed by atoms with van der Waals surface area (Å²) in [5.41, 5.74) is 8.04. The van der Waals surface area contributed by atoms with Crippen LogP contribution in [0.3, 0.4) is 0 Å². The SMILES string of the molecule is NCc1nc(N(CC2CCCCC2)c2ccccc2)c2ccccc2n1. The number of anilines is 2. The van der Waals surface area contributed by atoms with Crippen LogP contribution in [0.4, 0.5) is 11.5 Å². The van der Waals surface area contributed by atoms with Crippen LogP contribution in [-0.4, -0.2) is 16.5 Å². The van der Waals surface area contributed by atoms with Crippen LogP contribution in [0.5, 0.6) is 0 Å². The van der Waals surface area contributed by atoms with Crippen molar-refractivity contribution in [2.45, 2.75) is 38.6 Å². The van der Waals surface area contributed by atoms with E-state index in [4.69, 9.17) is 10.7 Å². The summed E-state index contributed by atoms with van der Waals surface area (Å²) in [5.74, 6) is 2.38. The summed E-state index contributed by atoms with van der Waals surface area (Å²) >= 11 is 0. The fraction of sp³-hybridized carbons (Fsp3) is 0.364. The topological polar surface area (TPSA) is 55.0 Å². The Morgan fingerprint density at radius 2 is 1.62 bits per heavy atom. The molecule has 0 saturated heterocycles. The number of rotatable bonds is 5. The molecule has 2 aromatic carbocycles. The van der Waals surface area contributed by atoms with Gasteiger partial charge in [0.2, 0.25) is 0 Å².